The largest absolute Gasteiger partial charge is 0.508 e. The molecule has 0 saturated heterocycles. The molecule has 8 heteroatoms. The van der Waals surface area contributed by atoms with Crippen molar-refractivity contribution in [3.05, 3.63) is 83.9 Å². The number of rotatable bonds is 24. The summed E-state index contributed by atoms with van der Waals surface area (Å²) in [5, 5.41) is 23.3. The summed E-state index contributed by atoms with van der Waals surface area (Å²) >= 11 is 0. The van der Waals surface area contributed by atoms with Gasteiger partial charge in [-0.05, 0) is 90.7 Å². The van der Waals surface area contributed by atoms with E-state index in [1.54, 1.807) is 42.8 Å². The van der Waals surface area contributed by atoms with Gasteiger partial charge in [-0.3, -0.25) is 9.59 Å². The lowest BCUT2D eigenvalue weighted by molar-refractivity contribution is -0.117. The van der Waals surface area contributed by atoms with Crippen molar-refractivity contribution in [3.63, 3.8) is 0 Å². The lowest BCUT2D eigenvalue weighted by atomic mass is 10.0. The minimum absolute atomic E-state index is 0.0122. The zero-order valence-electron chi connectivity index (χ0n) is 28.7. The Labute approximate surface area is 287 Å². The summed E-state index contributed by atoms with van der Waals surface area (Å²) in [5.74, 6) is 0.828. The number of benzene rings is 3. The second-order valence-corrected chi connectivity index (χ2v) is 12.3. The van der Waals surface area contributed by atoms with Gasteiger partial charge in [0.2, 0.25) is 11.8 Å². The Morgan fingerprint density at radius 2 is 1.08 bits per heavy atom. The van der Waals surface area contributed by atoms with Gasteiger partial charge in [0.1, 0.15) is 11.5 Å². The van der Waals surface area contributed by atoms with Gasteiger partial charge in [0, 0.05) is 24.2 Å². The molecule has 0 heterocycles. The Morgan fingerprint density at radius 3 is 1.60 bits per heavy atom. The molecule has 3 N–H and O–H groups in total. The maximum Gasteiger partial charge on any atom is 0.224 e. The average molecular weight is 655 g/mol. The van der Waals surface area contributed by atoms with Gasteiger partial charge >= 0.3 is 0 Å². The Balaban J connectivity index is 1.22. The Morgan fingerprint density at radius 1 is 0.625 bits per heavy atom. The monoisotopic (exact) mass is 654 g/mol. The summed E-state index contributed by atoms with van der Waals surface area (Å²) in [7, 11) is 0. The molecular formula is C40H54N4O4. The highest BCUT2D eigenvalue weighted by Gasteiger charge is 2.06. The minimum Gasteiger partial charge on any atom is -0.508 e. The van der Waals surface area contributed by atoms with E-state index in [1.807, 2.05) is 42.5 Å². The highest BCUT2D eigenvalue weighted by Crippen LogP contribution is 2.18. The number of carbonyl (C=O) groups excluding carboxylic acids is 2. The van der Waals surface area contributed by atoms with Crippen molar-refractivity contribution < 1.29 is 19.4 Å². The van der Waals surface area contributed by atoms with Crippen molar-refractivity contribution in [1.82, 2.24) is 0 Å². The fourth-order valence-electron chi connectivity index (χ4n) is 5.26. The predicted octanol–water partition coefficient (Wildman–Crippen LogP) is 10.1. The lowest BCUT2D eigenvalue weighted by Gasteiger charge is -2.10. The van der Waals surface area contributed by atoms with Crippen LogP contribution in [-0.2, 0) is 9.59 Å². The number of amides is 2. The van der Waals surface area contributed by atoms with Gasteiger partial charge in [0.25, 0.3) is 0 Å². The molecule has 3 rings (SSSR count). The molecule has 0 atom stereocenters. The fraction of sp³-hybridized carbons (Fsp3) is 0.450. The van der Waals surface area contributed by atoms with E-state index >= 15 is 0 Å². The number of aromatic hydroxyl groups is 1. The highest BCUT2D eigenvalue weighted by atomic mass is 16.5. The number of phenols is 1. The molecule has 0 spiro atoms. The van der Waals surface area contributed by atoms with Gasteiger partial charge in [0.15, 0.2) is 0 Å². The maximum absolute atomic E-state index is 12.5. The van der Waals surface area contributed by atoms with Crippen molar-refractivity contribution in [3.8, 4) is 11.5 Å². The van der Waals surface area contributed by atoms with E-state index in [2.05, 4.69) is 27.8 Å². The summed E-state index contributed by atoms with van der Waals surface area (Å²) in [4.78, 5) is 24.9. The number of carbonyl (C=O) groups is 2. The molecule has 0 radical (unpaired) electrons. The predicted molar refractivity (Wildman–Crippen MR) is 198 cm³/mol. The van der Waals surface area contributed by atoms with Crippen LogP contribution in [0.5, 0.6) is 11.5 Å². The van der Waals surface area contributed by atoms with Gasteiger partial charge < -0.3 is 20.5 Å². The van der Waals surface area contributed by atoms with E-state index in [-0.39, 0.29) is 17.6 Å². The SMILES string of the molecule is CCCCCCCCCCCCCCCC(=O)Nc1cccc(NC(=O)CCCOc2ccc(C=NN=Cc3ccc(O)cc3)cc2)c1. The van der Waals surface area contributed by atoms with Crippen molar-refractivity contribution in [2.45, 2.75) is 110 Å². The molecule has 0 unspecified atom stereocenters. The van der Waals surface area contributed by atoms with Crippen LogP contribution in [0.2, 0.25) is 0 Å². The molecule has 0 aliphatic carbocycles. The third-order valence-corrected chi connectivity index (χ3v) is 8.01. The van der Waals surface area contributed by atoms with E-state index in [0.717, 1.165) is 24.0 Å². The third-order valence-electron chi connectivity index (χ3n) is 8.01. The van der Waals surface area contributed by atoms with Crippen LogP contribution in [0.4, 0.5) is 11.4 Å². The lowest BCUT2D eigenvalue weighted by Crippen LogP contribution is -2.14. The number of nitrogens with zero attached hydrogens (tertiary/aromatic N) is 2. The van der Waals surface area contributed by atoms with Crippen molar-refractivity contribution in [2.75, 3.05) is 17.2 Å². The van der Waals surface area contributed by atoms with Crippen molar-refractivity contribution in [2.24, 2.45) is 10.2 Å². The molecule has 0 aliphatic rings. The number of hydrogen-bond acceptors (Lipinski definition) is 6. The summed E-state index contributed by atoms with van der Waals surface area (Å²) in [6, 6.07) is 21.4. The smallest absolute Gasteiger partial charge is 0.224 e. The normalized spacial score (nSPS) is 11.3. The standard InChI is InChI=1S/C40H54N4O4/c1-2-3-4-5-6-7-8-9-10-11-12-13-14-19-39(46)43-35-17-15-18-36(30-35)44-40(47)20-16-29-48-38-27-23-34(24-28-38)32-42-41-31-33-21-25-37(45)26-22-33/h15,17-18,21-28,30-32,45H,2-14,16,19-20,29H2,1H3,(H,43,46)(H,44,47). The summed E-state index contributed by atoms with van der Waals surface area (Å²) in [6.45, 7) is 2.67. The van der Waals surface area contributed by atoms with Crippen LogP contribution in [0.3, 0.4) is 0 Å². The van der Waals surface area contributed by atoms with Crippen LogP contribution in [0.1, 0.15) is 121 Å². The van der Waals surface area contributed by atoms with Gasteiger partial charge in [-0.2, -0.15) is 10.2 Å². The van der Waals surface area contributed by atoms with Gasteiger partial charge in [0.05, 0.1) is 19.0 Å². The topological polar surface area (TPSA) is 112 Å². The number of ether oxygens (including phenoxy) is 1. The van der Waals surface area contributed by atoms with Crippen molar-refractivity contribution in [1.29, 1.82) is 0 Å². The molecule has 0 aliphatic heterocycles. The Hall–Kier alpha value is -4.46. The average Bonchev–Trinajstić information content (AvgIpc) is 3.09. The number of unbranched alkanes of at least 4 members (excludes halogenated alkanes) is 12. The van der Waals surface area contributed by atoms with Crippen LogP contribution in [-0.4, -0.2) is 36.0 Å². The quantitative estimate of drug-likeness (QED) is 0.0507. The Bertz CT molecular complexity index is 1390. The van der Waals surface area contributed by atoms with E-state index in [9.17, 15) is 14.7 Å². The molecule has 3 aromatic carbocycles. The van der Waals surface area contributed by atoms with Crippen LogP contribution in [0.15, 0.2) is 83.0 Å². The molecule has 0 fully saturated rings. The molecule has 48 heavy (non-hydrogen) atoms. The molecule has 0 saturated carbocycles. The van der Waals surface area contributed by atoms with Crippen LogP contribution in [0, 0.1) is 0 Å². The first-order valence-corrected chi connectivity index (χ1v) is 17.8. The van der Waals surface area contributed by atoms with E-state index in [0.29, 0.717) is 43.0 Å². The molecule has 0 bridgehead atoms. The third kappa shape index (κ3) is 17.5. The number of hydrogen-bond donors (Lipinski definition) is 3. The fourth-order valence-corrected chi connectivity index (χ4v) is 5.26. The van der Waals surface area contributed by atoms with Gasteiger partial charge in [-0.1, -0.05) is 90.0 Å². The number of nitrogens with one attached hydrogen (secondary N) is 2. The molecular weight excluding hydrogens is 600 g/mol. The molecule has 258 valence electrons. The van der Waals surface area contributed by atoms with Crippen LogP contribution in [0.25, 0.3) is 0 Å². The molecule has 0 aromatic heterocycles. The first-order valence-electron chi connectivity index (χ1n) is 17.8. The first-order chi connectivity index (χ1) is 23.5. The molecule has 2 amide bonds. The number of phenolic OH excluding ortho intramolecular Hbond substituents is 1. The second-order valence-electron chi connectivity index (χ2n) is 12.3. The Kier molecular flexibility index (Phi) is 18.8. The highest BCUT2D eigenvalue weighted by molar-refractivity contribution is 5.94. The van der Waals surface area contributed by atoms with Crippen LogP contribution < -0.4 is 15.4 Å². The van der Waals surface area contributed by atoms with E-state index in [1.165, 1.54) is 70.6 Å². The summed E-state index contributed by atoms with van der Waals surface area (Å²) in [6.07, 6.45) is 21.3. The first kappa shape index (κ1) is 38.0. The zero-order chi connectivity index (χ0) is 34.1. The van der Waals surface area contributed by atoms with E-state index < -0.39 is 0 Å². The van der Waals surface area contributed by atoms with Crippen molar-refractivity contribution >= 4 is 35.6 Å². The molecule has 3 aromatic rings. The number of anilines is 2. The van der Waals surface area contributed by atoms with Gasteiger partial charge in [-0.15, -0.1) is 0 Å². The molecule has 8 nitrogen and oxygen atoms in total. The zero-order valence-corrected chi connectivity index (χ0v) is 28.7. The second kappa shape index (κ2) is 23.8. The van der Waals surface area contributed by atoms with Crippen LogP contribution >= 0.6 is 0 Å². The minimum atomic E-state index is -0.103. The summed E-state index contributed by atoms with van der Waals surface area (Å²) in [5.41, 5.74) is 3.07. The van der Waals surface area contributed by atoms with E-state index in [4.69, 9.17) is 4.74 Å². The summed E-state index contributed by atoms with van der Waals surface area (Å²) < 4.78 is 5.78. The maximum atomic E-state index is 12.5. The van der Waals surface area contributed by atoms with Gasteiger partial charge in [-0.25, -0.2) is 0 Å².